The third-order valence-corrected chi connectivity index (χ3v) is 4.79. The lowest BCUT2D eigenvalue weighted by Gasteiger charge is -2.20. The van der Waals surface area contributed by atoms with Gasteiger partial charge in [-0.3, -0.25) is 0 Å². The number of halogens is 1. The molecule has 4 N–H and O–H groups in total. The van der Waals surface area contributed by atoms with Gasteiger partial charge in [-0.25, -0.2) is 0 Å². The third kappa shape index (κ3) is 12.9. The van der Waals surface area contributed by atoms with Gasteiger partial charge in [0.1, 0.15) is 0 Å². The molecule has 3 unspecified atom stereocenters. The van der Waals surface area contributed by atoms with Crippen LogP contribution in [0.5, 0.6) is 0 Å². The summed E-state index contributed by atoms with van der Waals surface area (Å²) in [6, 6.07) is 0. The number of aliphatic hydroxyl groups excluding tert-OH is 2. The van der Waals surface area contributed by atoms with Gasteiger partial charge in [-0.05, 0) is 24.2 Å². The van der Waals surface area contributed by atoms with Gasteiger partial charge in [0.05, 0.1) is 18.8 Å². The second-order valence-electron chi connectivity index (χ2n) is 7.37. The Morgan fingerprint density at radius 2 is 1.39 bits per heavy atom. The highest BCUT2D eigenvalue weighted by Crippen LogP contribution is 2.20. The van der Waals surface area contributed by atoms with Gasteiger partial charge < -0.3 is 15.9 Å². The minimum absolute atomic E-state index is 0. The normalized spacial score (nSPS) is 16.1. The summed E-state index contributed by atoms with van der Waals surface area (Å²) in [5.74, 6) is 2.11. The topological polar surface area (TPSA) is 66.5 Å². The molecule has 0 fully saturated rings. The van der Waals surface area contributed by atoms with Crippen LogP contribution in [0.1, 0.15) is 72.6 Å². The Kier molecular flexibility index (Phi) is 15.6. The molecule has 0 aliphatic rings. The van der Waals surface area contributed by atoms with Crippen molar-refractivity contribution in [3.05, 3.63) is 12.2 Å². The predicted molar refractivity (Wildman–Crippen MR) is 103 cm³/mol. The molecule has 3 atom stereocenters. The van der Waals surface area contributed by atoms with Crippen molar-refractivity contribution in [3.8, 4) is 0 Å². The average molecular weight is 350 g/mol. The average Bonchev–Trinajstić information content (AvgIpc) is 2.52. The number of hydrogen-bond donors (Lipinski definition) is 3. The van der Waals surface area contributed by atoms with Crippen LogP contribution >= 0.6 is 12.4 Å². The number of allylic oxidation sites excluding steroid dienone is 1. The largest absolute Gasteiger partial charge is 0.394 e. The zero-order valence-electron chi connectivity index (χ0n) is 15.6. The van der Waals surface area contributed by atoms with Crippen LogP contribution in [0, 0.1) is 17.8 Å². The Balaban J connectivity index is 0. The van der Waals surface area contributed by atoms with Crippen LogP contribution in [-0.4, -0.2) is 29.0 Å². The summed E-state index contributed by atoms with van der Waals surface area (Å²) in [6.07, 6.45) is 12.8. The van der Waals surface area contributed by atoms with Crippen molar-refractivity contribution in [3.63, 3.8) is 0 Å². The van der Waals surface area contributed by atoms with Gasteiger partial charge in [-0.2, -0.15) is 0 Å². The van der Waals surface area contributed by atoms with Crippen LogP contribution in [0.3, 0.4) is 0 Å². The van der Waals surface area contributed by atoms with Gasteiger partial charge >= 0.3 is 0 Å². The van der Waals surface area contributed by atoms with E-state index in [0.29, 0.717) is 5.92 Å². The highest BCUT2D eigenvalue weighted by atomic mass is 35.5. The van der Waals surface area contributed by atoms with Crippen LogP contribution in [-0.2, 0) is 0 Å². The molecule has 0 aromatic heterocycles. The van der Waals surface area contributed by atoms with Gasteiger partial charge in [0.25, 0.3) is 0 Å². The summed E-state index contributed by atoms with van der Waals surface area (Å²) in [4.78, 5) is 0. The van der Waals surface area contributed by atoms with E-state index in [1.165, 1.54) is 38.5 Å². The lowest BCUT2D eigenvalue weighted by molar-refractivity contribution is 0.151. The van der Waals surface area contributed by atoms with E-state index in [2.05, 4.69) is 27.7 Å². The van der Waals surface area contributed by atoms with Crippen molar-refractivity contribution in [2.75, 3.05) is 13.2 Å². The van der Waals surface area contributed by atoms with Gasteiger partial charge in [-0.15, -0.1) is 12.4 Å². The smallest absolute Gasteiger partial charge is 0.0808 e. The number of rotatable bonds is 13. The first-order valence-electron chi connectivity index (χ1n) is 9.06. The first kappa shape index (κ1) is 25.2. The maximum atomic E-state index is 9.15. The SMILES string of the molecule is CCC(C)CCCC(C)CCCC(C)C=CC(N)(CO)CO.Cl. The summed E-state index contributed by atoms with van der Waals surface area (Å²) >= 11 is 0. The number of nitrogens with two attached hydrogens (primary N) is 1. The van der Waals surface area contributed by atoms with Crippen molar-refractivity contribution in [1.29, 1.82) is 0 Å². The molecule has 0 aliphatic heterocycles. The Morgan fingerprint density at radius 1 is 0.913 bits per heavy atom. The summed E-state index contributed by atoms with van der Waals surface area (Å²) < 4.78 is 0. The second kappa shape index (κ2) is 14.3. The van der Waals surface area contributed by atoms with E-state index >= 15 is 0 Å². The first-order chi connectivity index (χ1) is 10.4. The molecule has 0 rings (SSSR count). The van der Waals surface area contributed by atoms with Crippen molar-refractivity contribution in [2.24, 2.45) is 23.5 Å². The zero-order valence-corrected chi connectivity index (χ0v) is 16.4. The minimum Gasteiger partial charge on any atom is -0.394 e. The monoisotopic (exact) mass is 349 g/mol. The van der Waals surface area contributed by atoms with Crippen LogP contribution in [0.4, 0.5) is 0 Å². The molecule has 4 heteroatoms. The lowest BCUT2D eigenvalue weighted by atomic mass is 9.92. The lowest BCUT2D eigenvalue weighted by Crippen LogP contribution is -2.45. The Hall–Kier alpha value is -0.0900. The molecular weight excluding hydrogens is 310 g/mol. The molecule has 0 saturated heterocycles. The van der Waals surface area contributed by atoms with Crippen molar-refractivity contribution >= 4 is 12.4 Å². The van der Waals surface area contributed by atoms with Crippen LogP contribution < -0.4 is 5.73 Å². The maximum Gasteiger partial charge on any atom is 0.0808 e. The van der Waals surface area contributed by atoms with E-state index in [-0.39, 0.29) is 25.6 Å². The zero-order chi connectivity index (χ0) is 17.0. The molecule has 0 aliphatic carbocycles. The van der Waals surface area contributed by atoms with Crippen molar-refractivity contribution < 1.29 is 10.2 Å². The molecule has 0 aromatic rings. The molecule has 3 nitrogen and oxygen atoms in total. The fourth-order valence-electron chi connectivity index (χ4n) is 2.56. The van der Waals surface area contributed by atoms with Gasteiger partial charge in [0, 0.05) is 0 Å². The van der Waals surface area contributed by atoms with Crippen molar-refractivity contribution in [1.82, 2.24) is 0 Å². The van der Waals surface area contributed by atoms with Crippen LogP contribution in [0.25, 0.3) is 0 Å². The van der Waals surface area contributed by atoms with Crippen LogP contribution in [0.2, 0.25) is 0 Å². The van der Waals surface area contributed by atoms with Gasteiger partial charge in [0.2, 0.25) is 0 Å². The first-order valence-corrected chi connectivity index (χ1v) is 9.06. The molecule has 0 heterocycles. The molecule has 23 heavy (non-hydrogen) atoms. The van der Waals surface area contributed by atoms with Gasteiger partial charge in [0.15, 0.2) is 0 Å². The summed E-state index contributed by atoms with van der Waals surface area (Å²) in [7, 11) is 0. The summed E-state index contributed by atoms with van der Waals surface area (Å²) in [6.45, 7) is 8.69. The molecule has 0 saturated carbocycles. The third-order valence-electron chi connectivity index (χ3n) is 4.79. The highest BCUT2D eigenvalue weighted by molar-refractivity contribution is 5.85. The highest BCUT2D eigenvalue weighted by Gasteiger charge is 2.18. The van der Waals surface area contributed by atoms with E-state index in [0.717, 1.165) is 18.3 Å². The summed E-state index contributed by atoms with van der Waals surface area (Å²) in [5, 5.41) is 18.3. The summed E-state index contributed by atoms with van der Waals surface area (Å²) in [5.41, 5.74) is 4.85. The molecule has 0 spiro atoms. The second-order valence-corrected chi connectivity index (χ2v) is 7.37. The Bertz CT molecular complexity index is 293. The van der Waals surface area contributed by atoms with Crippen LogP contribution in [0.15, 0.2) is 12.2 Å². The minimum atomic E-state index is -0.975. The maximum absolute atomic E-state index is 9.15. The molecular formula is C19H40ClNO2. The number of aliphatic hydroxyl groups is 2. The van der Waals surface area contributed by atoms with E-state index in [9.17, 15) is 0 Å². The van der Waals surface area contributed by atoms with Gasteiger partial charge in [-0.1, -0.05) is 78.4 Å². The quantitative estimate of drug-likeness (QED) is 0.434. The van der Waals surface area contributed by atoms with Crippen molar-refractivity contribution in [2.45, 2.75) is 78.2 Å². The molecule has 140 valence electrons. The van der Waals surface area contributed by atoms with E-state index in [1.54, 1.807) is 6.08 Å². The Labute approximate surface area is 150 Å². The standard InChI is InChI=1S/C19H39NO2.ClH/c1-5-16(2)8-6-9-17(3)10-7-11-18(4)12-13-19(20,14-21)15-22;/h12-13,16-18,21-22H,5-11,14-15,20H2,1-4H3;1H. The van der Waals surface area contributed by atoms with E-state index in [1.807, 2.05) is 6.08 Å². The fraction of sp³-hybridized carbons (Fsp3) is 0.895. The Morgan fingerprint density at radius 3 is 1.87 bits per heavy atom. The van der Waals surface area contributed by atoms with E-state index < -0.39 is 5.54 Å². The predicted octanol–water partition coefficient (Wildman–Crippen LogP) is 4.31. The van der Waals surface area contributed by atoms with E-state index in [4.69, 9.17) is 15.9 Å². The molecule has 0 amide bonds. The molecule has 0 bridgehead atoms. The molecule has 0 aromatic carbocycles. The fourth-order valence-corrected chi connectivity index (χ4v) is 2.56. The molecule has 0 radical (unpaired) electrons. The number of hydrogen-bond acceptors (Lipinski definition) is 3.